The second-order valence-corrected chi connectivity index (χ2v) is 3.36. The molecule has 0 saturated carbocycles. The second kappa shape index (κ2) is 2.55. The molecule has 0 aromatic rings. The van der Waals surface area contributed by atoms with E-state index in [4.69, 9.17) is 0 Å². The van der Waals surface area contributed by atoms with Crippen LogP contribution in [0, 0.1) is 0 Å². The predicted molar refractivity (Wildman–Crippen MR) is 38.4 cm³/mol. The Labute approximate surface area is 56.1 Å². The van der Waals surface area contributed by atoms with Gasteiger partial charge in [-0.05, 0) is 18.0 Å². The van der Waals surface area contributed by atoms with Crippen LogP contribution in [0.4, 0.5) is 0 Å². The van der Waals surface area contributed by atoms with E-state index in [1.807, 2.05) is 6.26 Å². The SMILES string of the molecule is CSC1=NCC(=O)S1. The first-order valence-electron chi connectivity index (χ1n) is 2.12. The Morgan fingerprint density at radius 2 is 2.62 bits per heavy atom. The summed E-state index contributed by atoms with van der Waals surface area (Å²) >= 11 is 2.77. The van der Waals surface area contributed by atoms with Crippen molar-refractivity contribution in [3.63, 3.8) is 0 Å². The fourth-order valence-corrected chi connectivity index (χ4v) is 1.66. The largest absolute Gasteiger partial charge is 0.285 e. The monoisotopic (exact) mass is 147 g/mol. The highest BCUT2D eigenvalue weighted by atomic mass is 32.2. The lowest BCUT2D eigenvalue weighted by molar-refractivity contribution is -0.109. The van der Waals surface area contributed by atoms with E-state index in [0.29, 0.717) is 6.54 Å². The molecule has 0 atom stereocenters. The van der Waals surface area contributed by atoms with Crippen LogP contribution in [0.2, 0.25) is 0 Å². The summed E-state index contributed by atoms with van der Waals surface area (Å²) < 4.78 is 0.898. The lowest BCUT2D eigenvalue weighted by atomic mass is 10.8. The normalized spacial score (nSPS) is 19.1. The third-order valence-electron chi connectivity index (χ3n) is 0.713. The molecule has 1 aliphatic heterocycles. The molecular weight excluding hydrogens is 142 g/mol. The summed E-state index contributed by atoms with van der Waals surface area (Å²) in [5, 5.41) is 0.161. The van der Waals surface area contributed by atoms with Crippen LogP contribution in [-0.2, 0) is 4.79 Å². The molecule has 0 unspecified atom stereocenters. The van der Waals surface area contributed by atoms with Crippen LogP contribution < -0.4 is 0 Å². The van der Waals surface area contributed by atoms with Gasteiger partial charge < -0.3 is 0 Å². The van der Waals surface area contributed by atoms with Gasteiger partial charge in [0.25, 0.3) is 0 Å². The molecule has 44 valence electrons. The summed E-state index contributed by atoms with van der Waals surface area (Å²) in [5.41, 5.74) is 0. The Hall–Kier alpha value is 0.0400. The maximum atomic E-state index is 10.4. The molecule has 0 saturated heterocycles. The predicted octanol–water partition coefficient (Wildman–Crippen LogP) is 0.979. The molecule has 0 aromatic heterocycles. The van der Waals surface area contributed by atoms with Gasteiger partial charge in [0.15, 0.2) is 0 Å². The van der Waals surface area contributed by atoms with E-state index in [9.17, 15) is 4.79 Å². The summed E-state index contributed by atoms with van der Waals surface area (Å²) in [6.07, 6.45) is 1.92. The van der Waals surface area contributed by atoms with E-state index in [-0.39, 0.29) is 5.12 Å². The molecule has 0 fully saturated rings. The molecule has 4 heteroatoms. The van der Waals surface area contributed by atoms with E-state index in [1.54, 1.807) is 0 Å². The summed E-state index contributed by atoms with van der Waals surface area (Å²) in [6, 6.07) is 0. The highest BCUT2D eigenvalue weighted by Gasteiger charge is 2.13. The van der Waals surface area contributed by atoms with Gasteiger partial charge in [-0.3, -0.25) is 9.79 Å². The van der Waals surface area contributed by atoms with Crippen molar-refractivity contribution >= 4 is 33.0 Å². The summed E-state index contributed by atoms with van der Waals surface area (Å²) in [4.78, 5) is 14.4. The molecule has 1 heterocycles. The molecule has 0 N–H and O–H groups in total. The van der Waals surface area contributed by atoms with Gasteiger partial charge in [0, 0.05) is 0 Å². The average Bonchev–Trinajstić information content (AvgIpc) is 2.14. The van der Waals surface area contributed by atoms with Crippen LogP contribution in [0.15, 0.2) is 4.99 Å². The minimum atomic E-state index is 0.161. The fraction of sp³-hybridized carbons (Fsp3) is 0.500. The number of carbonyl (C=O) groups is 1. The van der Waals surface area contributed by atoms with Gasteiger partial charge in [0.1, 0.15) is 10.9 Å². The number of rotatable bonds is 0. The third kappa shape index (κ3) is 1.26. The van der Waals surface area contributed by atoms with Crippen LogP contribution in [0.5, 0.6) is 0 Å². The standard InChI is InChI=1S/C4H5NOS2/c1-7-4-5-2-3(6)8-4/h2H2,1H3. The summed E-state index contributed by atoms with van der Waals surface area (Å²) in [7, 11) is 0. The number of nitrogens with zero attached hydrogens (tertiary/aromatic N) is 1. The Bertz CT molecular complexity index is 143. The van der Waals surface area contributed by atoms with Crippen molar-refractivity contribution in [2.45, 2.75) is 0 Å². The molecule has 8 heavy (non-hydrogen) atoms. The Balaban J connectivity index is 2.49. The Morgan fingerprint density at radius 3 is 2.88 bits per heavy atom. The maximum absolute atomic E-state index is 10.4. The molecule has 0 radical (unpaired) electrons. The second-order valence-electron chi connectivity index (χ2n) is 1.26. The van der Waals surface area contributed by atoms with Gasteiger partial charge in [0.2, 0.25) is 5.12 Å². The first-order chi connectivity index (χ1) is 3.83. The van der Waals surface area contributed by atoms with Gasteiger partial charge in [-0.2, -0.15) is 0 Å². The van der Waals surface area contributed by atoms with Gasteiger partial charge in [-0.25, -0.2) is 0 Å². The van der Waals surface area contributed by atoms with Crippen molar-refractivity contribution in [3.8, 4) is 0 Å². The van der Waals surface area contributed by atoms with E-state index in [2.05, 4.69) is 4.99 Å². The van der Waals surface area contributed by atoms with Gasteiger partial charge in [0.05, 0.1) is 0 Å². The number of thioether (sulfide) groups is 2. The first kappa shape index (κ1) is 6.16. The van der Waals surface area contributed by atoms with Crippen LogP contribution >= 0.6 is 23.5 Å². The van der Waals surface area contributed by atoms with E-state index in [1.165, 1.54) is 23.5 Å². The first-order valence-corrected chi connectivity index (χ1v) is 4.16. The summed E-state index contributed by atoms with van der Waals surface area (Å²) in [5.74, 6) is 0. The lowest BCUT2D eigenvalue weighted by Crippen LogP contribution is -1.86. The van der Waals surface area contributed by atoms with E-state index in [0.717, 1.165) is 4.38 Å². The quantitative estimate of drug-likeness (QED) is 0.511. The Kier molecular flexibility index (Phi) is 1.96. The average molecular weight is 147 g/mol. The number of carbonyl (C=O) groups excluding carboxylic acids is 1. The zero-order valence-electron chi connectivity index (χ0n) is 4.38. The smallest absolute Gasteiger partial charge is 0.217 e. The van der Waals surface area contributed by atoms with E-state index >= 15 is 0 Å². The molecule has 2 nitrogen and oxygen atoms in total. The minimum Gasteiger partial charge on any atom is -0.285 e. The lowest BCUT2D eigenvalue weighted by Gasteiger charge is -1.84. The van der Waals surface area contributed by atoms with Gasteiger partial charge >= 0.3 is 0 Å². The molecule has 1 aliphatic rings. The van der Waals surface area contributed by atoms with Crippen molar-refractivity contribution in [3.05, 3.63) is 0 Å². The van der Waals surface area contributed by atoms with Crippen LogP contribution in [-0.4, -0.2) is 22.3 Å². The molecule has 1 rings (SSSR count). The number of hydrogen-bond donors (Lipinski definition) is 0. The molecule has 0 aliphatic carbocycles. The van der Waals surface area contributed by atoms with Crippen LogP contribution in [0.1, 0.15) is 0 Å². The molecule has 0 aromatic carbocycles. The van der Waals surface area contributed by atoms with Crippen molar-refractivity contribution in [1.82, 2.24) is 0 Å². The van der Waals surface area contributed by atoms with Crippen molar-refractivity contribution in [2.75, 3.05) is 12.8 Å². The molecular formula is C4H5NOS2. The zero-order chi connectivity index (χ0) is 5.98. The maximum Gasteiger partial charge on any atom is 0.217 e. The highest BCUT2D eigenvalue weighted by molar-refractivity contribution is 8.45. The van der Waals surface area contributed by atoms with Gasteiger partial charge in [-0.15, -0.1) is 11.8 Å². The van der Waals surface area contributed by atoms with E-state index < -0.39 is 0 Å². The topological polar surface area (TPSA) is 29.4 Å². The van der Waals surface area contributed by atoms with Gasteiger partial charge in [-0.1, -0.05) is 0 Å². The Morgan fingerprint density at radius 1 is 1.88 bits per heavy atom. The number of aliphatic imine (C=N–C) groups is 1. The minimum absolute atomic E-state index is 0.161. The van der Waals surface area contributed by atoms with Crippen molar-refractivity contribution in [1.29, 1.82) is 0 Å². The highest BCUT2D eigenvalue weighted by Crippen LogP contribution is 2.20. The van der Waals surface area contributed by atoms with Crippen LogP contribution in [0.3, 0.4) is 0 Å². The molecule has 0 bridgehead atoms. The number of hydrogen-bond acceptors (Lipinski definition) is 4. The van der Waals surface area contributed by atoms with Crippen molar-refractivity contribution < 1.29 is 4.79 Å². The molecule has 0 amide bonds. The fourth-order valence-electron chi connectivity index (χ4n) is 0.397. The molecule has 0 spiro atoms. The zero-order valence-corrected chi connectivity index (χ0v) is 6.01. The van der Waals surface area contributed by atoms with Crippen LogP contribution in [0.25, 0.3) is 0 Å². The summed E-state index contributed by atoms with van der Waals surface area (Å²) in [6.45, 7) is 0.376. The third-order valence-corrected chi connectivity index (χ3v) is 2.60. The van der Waals surface area contributed by atoms with Crippen molar-refractivity contribution in [2.24, 2.45) is 4.99 Å².